The molecule has 1 amide bonds. The Morgan fingerprint density at radius 2 is 2.00 bits per heavy atom. The van der Waals surface area contributed by atoms with Crippen molar-refractivity contribution in [2.24, 2.45) is 0 Å². The number of alkyl halides is 3. The molecule has 0 bridgehead atoms. The first kappa shape index (κ1) is 19.6. The molecule has 0 aliphatic carbocycles. The number of likely N-dealkylation sites (tertiary alicyclic amines) is 1. The van der Waals surface area contributed by atoms with Gasteiger partial charge in [-0.3, -0.25) is 4.79 Å². The molecule has 1 aliphatic heterocycles. The molecule has 1 unspecified atom stereocenters. The van der Waals surface area contributed by atoms with Crippen LogP contribution >= 0.6 is 0 Å². The predicted octanol–water partition coefficient (Wildman–Crippen LogP) is 2.44. The van der Waals surface area contributed by atoms with Crippen LogP contribution in [-0.4, -0.2) is 44.5 Å². The van der Waals surface area contributed by atoms with E-state index in [1.54, 1.807) is 0 Å². The minimum Gasteiger partial charge on any atom is -0.331 e. The Morgan fingerprint density at radius 1 is 1.28 bits per heavy atom. The van der Waals surface area contributed by atoms with Gasteiger partial charge in [-0.2, -0.15) is 13.2 Å². The molecule has 5 nitrogen and oxygen atoms in total. The molecule has 1 N–H and O–H groups in total. The molecule has 1 aliphatic rings. The molecule has 2 rings (SSSR count). The van der Waals surface area contributed by atoms with Crippen molar-refractivity contribution < 1.29 is 30.8 Å². The molecule has 1 fully saturated rings. The minimum absolute atomic E-state index is 0.000341. The maximum atomic E-state index is 13.1. The van der Waals surface area contributed by atoms with Crippen molar-refractivity contribution in [1.29, 1.82) is 0 Å². The molecule has 1 atom stereocenters. The van der Waals surface area contributed by atoms with Crippen molar-refractivity contribution >= 4 is 15.9 Å². The van der Waals surface area contributed by atoms with Crippen LogP contribution in [-0.2, 0) is 14.8 Å². The topological polar surface area (TPSA) is 66.5 Å². The van der Waals surface area contributed by atoms with Crippen molar-refractivity contribution in [2.45, 2.75) is 42.8 Å². The van der Waals surface area contributed by atoms with Crippen molar-refractivity contribution in [3.05, 3.63) is 30.1 Å². The second kappa shape index (κ2) is 7.69. The van der Waals surface area contributed by atoms with E-state index in [1.807, 2.05) is 0 Å². The molecule has 25 heavy (non-hydrogen) atoms. The van der Waals surface area contributed by atoms with E-state index in [0.29, 0.717) is 12.8 Å². The fraction of sp³-hybridized carbons (Fsp3) is 0.533. The highest BCUT2D eigenvalue weighted by Crippen LogP contribution is 2.32. The van der Waals surface area contributed by atoms with Gasteiger partial charge in [-0.25, -0.2) is 17.5 Å². The first-order chi connectivity index (χ1) is 11.6. The van der Waals surface area contributed by atoms with E-state index in [9.17, 15) is 30.8 Å². The predicted molar refractivity (Wildman–Crippen MR) is 81.6 cm³/mol. The summed E-state index contributed by atoms with van der Waals surface area (Å²) in [5, 5.41) is 0. The van der Waals surface area contributed by atoms with Crippen LogP contribution in [0, 0.1) is 5.82 Å². The summed E-state index contributed by atoms with van der Waals surface area (Å²) in [4.78, 5) is 12.5. The van der Waals surface area contributed by atoms with Gasteiger partial charge in [0.25, 0.3) is 0 Å². The van der Waals surface area contributed by atoms with Crippen LogP contribution in [0.2, 0.25) is 0 Å². The van der Waals surface area contributed by atoms with Crippen molar-refractivity contribution in [3.8, 4) is 0 Å². The summed E-state index contributed by atoms with van der Waals surface area (Å²) in [6, 6.07) is 2.47. The lowest BCUT2D eigenvalue weighted by Crippen LogP contribution is -2.51. The zero-order valence-corrected chi connectivity index (χ0v) is 14.0. The number of halogens is 4. The molecule has 1 heterocycles. The van der Waals surface area contributed by atoms with Gasteiger partial charge in [0.2, 0.25) is 15.9 Å². The fourth-order valence-electron chi connectivity index (χ4n) is 2.72. The van der Waals surface area contributed by atoms with E-state index >= 15 is 0 Å². The first-order valence-corrected chi connectivity index (χ1v) is 9.21. The Hall–Kier alpha value is -1.68. The van der Waals surface area contributed by atoms with E-state index < -0.39 is 40.4 Å². The van der Waals surface area contributed by atoms with Crippen molar-refractivity contribution in [1.82, 2.24) is 9.62 Å². The van der Waals surface area contributed by atoms with Crippen LogP contribution in [0.3, 0.4) is 0 Å². The largest absolute Gasteiger partial charge is 0.408 e. The van der Waals surface area contributed by atoms with Gasteiger partial charge in [-0.1, -0.05) is 6.07 Å². The summed E-state index contributed by atoms with van der Waals surface area (Å²) < 4.78 is 78.1. The SMILES string of the molecule is O=C(CCNS(=O)(=O)c1cccc(F)c1)N1CCCCC1C(F)(F)F. The van der Waals surface area contributed by atoms with Crippen molar-refractivity contribution in [2.75, 3.05) is 13.1 Å². The highest BCUT2D eigenvalue weighted by atomic mass is 32.2. The molecular formula is C15H18F4N2O3S. The number of carbonyl (C=O) groups excluding carboxylic acids is 1. The third-order valence-corrected chi connectivity index (χ3v) is 5.40. The number of carbonyl (C=O) groups is 1. The standard InChI is InChI=1S/C15H18F4N2O3S/c16-11-4-3-5-12(10-11)25(23,24)20-8-7-14(22)21-9-2-1-6-13(21)15(17,18)19/h3-5,10,13,20H,1-2,6-9H2. The third-order valence-electron chi connectivity index (χ3n) is 3.94. The number of rotatable bonds is 5. The van der Waals surface area contributed by atoms with Crippen LogP contribution in [0.25, 0.3) is 0 Å². The van der Waals surface area contributed by atoms with Gasteiger partial charge in [0, 0.05) is 19.5 Å². The fourth-order valence-corrected chi connectivity index (χ4v) is 3.79. The van der Waals surface area contributed by atoms with E-state index in [-0.39, 0.29) is 24.4 Å². The maximum absolute atomic E-state index is 13.1. The second-order valence-corrected chi connectivity index (χ2v) is 7.51. The monoisotopic (exact) mass is 382 g/mol. The first-order valence-electron chi connectivity index (χ1n) is 7.73. The number of nitrogens with zero attached hydrogens (tertiary/aromatic N) is 1. The average molecular weight is 382 g/mol. The Kier molecular flexibility index (Phi) is 6.04. The normalized spacial score (nSPS) is 19.0. The Balaban J connectivity index is 1.95. The van der Waals surface area contributed by atoms with E-state index in [4.69, 9.17) is 0 Å². The smallest absolute Gasteiger partial charge is 0.331 e. The maximum Gasteiger partial charge on any atom is 0.408 e. The number of sulfonamides is 1. The lowest BCUT2D eigenvalue weighted by molar-refractivity contribution is -0.195. The van der Waals surface area contributed by atoms with E-state index in [2.05, 4.69) is 4.72 Å². The number of amides is 1. The quantitative estimate of drug-likeness (QED) is 0.796. The van der Waals surface area contributed by atoms with Gasteiger partial charge in [0.05, 0.1) is 4.90 Å². The molecule has 0 saturated carbocycles. The molecule has 0 radical (unpaired) electrons. The zero-order chi connectivity index (χ0) is 18.7. The molecule has 1 saturated heterocycles. The number of hydrogen-bond acceptors (Lipinski definition) is 3. The molecule has 10 heteroatoms. The van der Waals surface area contributed by atoms with Gasteiger partial charge < -0.3 is 4.90 Å². The van der Waals surface area contributed by atoms with Crippen LogP contribution < -0.4 is 4.72 Å². The second-order valence-electron chi connectivity index (χ2n) is 5.75. The molecular weight excluding hydrogens is 364 g/mol. The lowest BCUT2D eigenvalue weighted by atomic mass is 10.0. The highest BCUT2D eigenvalue weighted by molar-refractivity contribution is 7.89. The van der Waals surface area contributed by atoms with Gasteiger partial charge in [0.1, 0.15) is 11.9 Å². The number of hydrogen-bond donors (Lipinski definition) is 1. The molecule has 1 aromatic rings. The highest BCUT2D eigenvalue weighted by Gasteiger charge is 2.45. The Bertz CT molecular complexity index is 722. The average Bonchev–Trinajstić information content (AvgIpc) is 2.54. The number of benzene rings is 1. The minimum atomic E-state index is -4.50. The van der Waals surface area contributed by atoms with Crippen LogP contribution in [0.4, 0.5) is 17.6 Å². The van der Waals surface area contributed by atoms with Gasteiger partial charge in [0.15, 0.2) is 0 Å². The lowest BCUT2D eigenvalue weighted by Gasteiger charge is -2.36. The van der Waals surface area contributed by atoms with E-state index in [1.165, 1.54) is 12.1 Å². The van der Waals surface area contributed by atoms with Crippen molar-refractivity contribution in [3.63, 3.8) is 0 Å². The summed E-state index contributed by atoms with van der Waals surface area (Å²) in [5.74, 6) is -1.50. The summed E-state index contributed by atoms with van der Waals surface area (Å²) in [7, 11) is -4.03. The van der Waals surface area contributed by atoms with Crippen LogP contribution in [0.5, 0.6) is 0 Å². The van der Waals surface area contributed by atoms with E-state index in [0.717, 1.165) is 17.0 Å². The summed E-state index contributed by atoms with van der Waals surface area (Å²) >= 11 is 0. The summed E-state index contributed by atoms with van der Waals surface area (Å²) in [6.45, 7) is -0.363. The molecule has 0 spiro atoms. The molecule has 140 valence electrons. The zero-order valence-electron chi connectivity index (χ0n) is 13.2. The number of piperidine rings is 1. The number of nitrogens with one attached hydrogen (secondary N) is 1. The van der Waals surface area contributed by atoms with Gasteiger partial charge >= 0.3 is 6.18 Å². The molecule has 1 aromatic carbocycles. The third kappa shape index (κ3) is 5.15. The van der Waals surface area contributed by atoms with Crippen LogP contribution in [0.1, 0.15) is 25.7 Å². The summed E-state index contributed by atoms with van der Waals surface area (Å²) in [5.41, 5.74) is 0. The van der Waals surface area contributed by atoms with Crippen LogP contribution in [0.15, 0.2) is 29.2 Å². The Morgan fingerprint density at radius 3 is 2.64 bits per heavy atom. The van der Waals surface area contributed by atoms with Gasteiger partial charge in [-0.05, 0) is 37.5 Å². The summed E-state index contributed by atoms with van der Waals surface area (Å²) in [6.07, 6.45) is -4.18. The Labute approximate surface area is 143 Å². The van der Waals surface area contributed by atoms with Gasteiger partial charge in [-0.15, -0.1) is 0 Å². The molecule has 0 aromatic heterocycles.